The zero-order valence-corrected chi connectivity index (χ0v) is 9.92. The maximum absolute atomic E-state index is 11.4. The van der Waals surface area contributed by atoms with E-state index >= 15 is 0 Å². The van der Waals surface area contributed by atoms with Crippen LogP contribution >= 0.6 is 0 Å². The fourth-order valence-corrected chi connectivity index (χ4v) is 1.80. The van der Waals surface area contributed by atoms with Gasteiger partial charge in [0.25, 0.3) is 0 Å². The van der Waals surface area contributed by atoms with Crippen LogP contribution in [0, 0.1) is 0 Å². The van der Waals surface area contributed by atoms with Gasteiger partial charge in [-0.2, -0.15) is 0 Å². The number of nitrogen functional groups attached to an aromatic ring is 1. The molecule has 1 aromatic rings. The molecule has 2 N–H and O–H groups in total. The maximum atomic E-state index is 11.4. The normalized spacial score (nSPS) is 12.7. The molecule has 0 bridgehead atoms. The molecule has 0 aliphatic carbocycles. The van der Waals surface area contributed by atoms with Crippen LogP contribution in [-0.2, 0) is 10.8 Å². The summed E-state index contributed by atoms with van der Waals surface area (Å²) in [4.78, 5) is 0. The molecule has 0 amide bonds. The molecular weight excluding hydrogens is 210 g/mol. The van der Waals surface area contributed by atoms with Gasteiger partial charge in [0.2, 0.25) is 0 Å². The van der Waals surface area contributed by atoms with E-state index in [4.69, 9.17) is 10.5 Å². The molecule has 0 radical (unpaired) electrons. The molecule has 84 valence electrons. The zero-order valence-electron chi connectivity index (χ0n) is 9.10. The first kappa shape index (κ1) is 12.0. The van der Waals surface area contributed by atoms with E-state index < -0.39 is 10.8 Å². The standard InChI is InChI=1S/C11H17NO2S/c1-9(2)15(13)7-6-14-11-5-3-4-10(12)8-11/h3-5,8-9H,6-7,12H2,1-2H3. The van der Waals surface area contributed by atoms with Gasteiger partial charge in [-0.05, 0) is 12.1 Å². The Balaban J connectivity index is 2.35. The van der Waals surface area contributed by atoms with Crippen LogP contribution in [0.5, 0.6) is 5.75 Å². The van der Waals surface area contributed by atoms with Crippen LogP contribution in [0.1, 0.15) is 13.8 Å². The minimum atomic E-state index is -0.807. The average Bonchev–Trinajstić information content (AvgIpc) is 2.17. The lowest BCUT2D eigenvalue weighted by atomic mass is 10.3. The smallest absolute Gasteiger partial charge is 0.121 e. The third-order valence-corrected chi connectivity index (χ3v) is 3.56. The number of benzene rings is 1. The molecule has 0 fully saturated rings. The fourth-order valence-electron chi connectivity index (χ4n) is 1.08. The minimum Gasteiger partial charge on any atom is -0.493 e. The molecule has 1 unspecified atom stereocenters. The van der Waals surface area contributed by atoms with Gasteiger partial charge in [-0.15, -0.1) is 0 Å². The second-order valence-electron chi connectivity index (χ2n) is 3.55. The Morgan fingerprint density at radius 1 is 1.47 bits per heavy atom. The van der Waals surface area contributed by atoms with E-state index in [9.17, 15) is 4.21 Å². The molecule has 1 atom stereocenters. The lowest BCUT2D eigenvalue weighted by Gasteiger charge is -2.08. The van der Waals surface area contributed by atoms with Crippen molar-refractivity contribution in [2.24, 2.45) is 0 Å². The first-order valence-electron chi connectivity index (χ1n) is 4.95. The average molecular weight is 227 g/mol. The Morgan fingerprint density at radius 2 is 2.20 bits per heavy atom. The largest absolute Gasteiger partial charge is 0.493 e. The zero-order chi connectivity index (χ0) is 11.3. The molecular formula is C11H17NO2S. The van der Waals surface area contributed by atoms with Gasteiger partial charge in [0, 0.05) is 27.8 Å². The van der Waals surface area contributed by atoms with Gasteiger partial charge < -0.3 is 10.5 Å². The van der Waals surface area contributed by atoms with E-state index in [-0.39, 0.29) is 5.25 Å². The van der Waals surface area contributed by atoms with Crippen LogP contribution in [0.4, 0.5) is 5.69 Å². The molecule has 15 heavy (non-hydrogen) atoms. The van der Waals surface area contributed by atoms with Crippen LogP contribution in [-0.4, -0.2) is 21.8 Å². The molecule has 0 aromatic heterocycles. The summed E-state index contributed by atoms with van der Waals surface area (Å²) in [5, 5.41) is 0.189. The van der Waals surface area contributed by atoms with Gasteiger partial charge in [0.15, 0.2) is 0 Å². The highest BCUT2D eigenvalue weighted by Gasteiger charge is 2.04. The Labute approximate surface area is 93.1 Å². The van der Waals surface area contributed by atoms with Gasteiger partial charge in [-0.3, -0.25) is 4.21 Å². The summed E-state index contributed by atoms with van der Waals surface area (Å²) >= 11 is 0. The summed E-state index contributed by atoms with van der Waals surface area (Å²) in [5.41, 5.74) is 6.28. The first-order valence-corrected chi connectivity index (χ1v) is 6.33. The summed E-state index contributed by atoms with van der Waals surface area (Å²) in [6.45, 7) is 4.35. The summed E-state index contributed by atoms with van der Waals surface area (Å²) in [6, 6.07) is 7.25. The molecule has 0 saturated carbocycles. The molecule has 4 heteroatoms. The molecule has 0 aliphatic heterocycles. The van der Waals surface area contributed by atoms with Gasteiger partial charge >= 0.3 is 0 Å². The van der Waals surface area contributed by atoms with Crippen LogP contribution < -0.4 is 10.5 Å². The Morgan fingerprint density at radius 3 is 2.80 bits per heavy atom. The van der Waals surface area contributed by atoms with E-state index in [1.54, 1.807) is 12.1 Å². The maximum Gasteiger partial charge on any atom is 0.121 e. The predicted molar refractivity (Wildman–Crippen MR) is 64.5 cm³/mol. The van der Waals surface area contributed by atoms with Crippen molar-refractivity contribution < 1.29 is 8.95 Å². The highest BCUT2D eigenvalue weighted by molar-refractivity contribution is 7.85. The van der Waals surface area contributed by atoms with Crippen molar-refractivity contribution in [3.05, 3.63) is 24.3 Å². The van der Waals surface area contributed by atoms with Crippen molar-refractivity contribution in [2.75, 3.05) is 18.1 Å². The molecule has 0 heterocycles. The number of hydrogen-bond donors (Lipinski definition) is 1. The van der Waals surface area contributed by atoms with Crippen molar-refractivity contribution in [1.29, 1.82) is 0 Å². The monoisotopic (exact) mass is 227 g/mol. The quantitative estimate of drug-likeness (QED) is 0.780. The second-order valence-corrected chi connectivity index (χ2v) is 5.67. The van der Waals surface area contributed by atoms with Gasteiger partial charge in [-0.25, -0.2) is 0 Å². The van der Waals surface area contributed by atoms with Gasteiger partial charge in [-0.1, -0.05) is 19.9 Å². The molecule has 0 saturated heterocycles. The SMILES string of the molecule is CC(C)S(=O)CCOc1cccc(N)c1. The molecule has 1 aromatic carbocycles. The van der Waals surface area contributed by atoms with Crippen LogP contribution in [0.2, 0.25) is 0 Å². The van der Waals surface area contributed by atoms with Crippen LogP contribution in [0.15, 0.2) is 24.3 Å². The topological polar surface area (TPSA) is 52.3 Å². The summed E-state index contributed by atoms with van der Waals surface area (Å²) in [5.74, 6) is 1.29. The summed E-state index contributed by atoms with van der Waals surface area (Å²) in [6.07, 6.45) is 0. The Hall–Kier alpha value is -1.03. The van der Waals surface area contributed by atoms with Gasteiger partial charge in [0.1, 0.15) is 5.75 Å². The molecule has 3 nitrogen and oxygen atoms in total. The number of anilines is 1. The minimum absolute atomic E-state index is 0.189. The second kappa shape index (κ2) is 5.75. The van der Waals surface area contributed by atoms with E-state index in [0.717, 1.165) is 5.75 Å². The third kappa shape index (κ3) is 4.34. The highest BCUT2D eigenvalue weighted by atomic mass is 32.2. The van der Waals surface area contributed by atoms with Crippen molar-refractivity contribution in [3.63, 3.8) is 0 Å². The Kier molecular flexibility index (Phi) is 4.62. The fraction of sp³-hybridized carbons (Fsp3) is 0.455. The first-order chi connectivity index (χ1) is 7.09. The van der Waals surface area contributed by atoms with Gasteiger partial charge in [0.05, 0.1) is 12.4 Å². The van der Waals surface area contributed by atoms with E-state index in [2.05, 4.69) is 0 Å². The third-order valence-electron chi connectivity index (χ3n) is 1.94. The van der Waals surface area contributed by atoms with E-state index in [1.807, 2.05) is 26.0 Å². The number of rotatable bonds is 5. The van der Waals surface area contributed by atoms with Crippen LogP contribution in [0.25, 0.3) is 0 Å². The number of hydrogen-bond acceptors (Lipinski definition) is 3. The molecule has 1 rings (SSSR count). The van der Waals surface area contributed by atoms with Crippen LogP contribution in [0.3, 0.4) is 0 Å². The van der Waals surface area contributed by atoms with E-state index in [1.165, 1.54) is 0 Å². The lowest BCUT2D eigenvalue weighted by Crippen LogP contribution is -2.15. The van der Waals surface area contributed by atoms with E-state index in [0.29, 0.717) is 18.0 Å². The lowest BCUT2D eigenvalue weighted by molar-refractivity contribution is 0.342. The van der Waals surface area contributed by atoms with Crippen molar-refractivity contribution >= 4 is 16.5 Å². The summed E-state index contributed by atoms with van der Waals surface area (Å²) in [7, 11) is -0.807. The molecule has 0 aliphatic rings. The molecule has 0 spiro atoms. The van der Waals surface area contributed by atoms with Crippen molar-refractivity contribution in [2.45, 2.75) is 19.1 Å². The van der Waals surface area contributed by atoms with Crippen molar-refractivity contribution in [3.8, 4) is 5.75 Å². The number of ether oxygens (including phenoxy) is 1. The van der Waals surface area contributed by atoms with Crippen molar-refractivity contribution in [1.82, 2.24) is 0 Å². The Bertz CT molecular complexity index is 339. The summed E-state index contributed by atoms with van der Waals surface area (Å²) < 4.78 is 16.8. The predicted octanol–water partition coefficient (Wildman–Crippen LogP) is 1.80. The number of nitrogens with two attached hydrogens (primary N) is 1. The highest BCUT2D eigenvalue weighted by Crippen LogP contribution is 2.14.